The van der Waals surface area contributed by atoms with Crippen LogP contribution in [0.5, 0.6) is 0 Å². The minimum atomic E-state index is 0.0516. The summed E-state index contributed by atoms with van der Waals surface area (Å²) in [4.78, 5) is 4.28. The van der Waals surface area contributed by atoms with Crippen LogP contribution in [0.4, 0.5) is 0 Å². The molecule has 0 unspecified atom stereocenters. The first-order chi connectivity index (χ1) is 7.31. The Labute approximate surface area is 91.0 Å². The highest BCUT2D eigenvalue weighted by molar-refractivity contribution is 5.28. The van der Waals surface area contributed by atoms with E-state index in [9.17, 15) is 0 Å². The number of aliphatic hydroxyl groups excluding tert-OH is 1. The van der Waals surface area contributed by atoms with Crippen LogP contribution in [0.15, 0.2) is 42.1 Å². The van der Waals surface area contributed by atoms with E-state index >= 15 is 0 Å². The Bertz CT molecular complexity index is 367. The fourth-order valence-corrected chi connectivity index (χ4v) is 1.44. The van der Waals surface area contributed by atoms with Crippen molar-refractivity contribution in [2.75, 3.05) is 0 Å². The van der Waals surface area contributed by atoms with Gasteiger partial charge in [-0.2, -0.15) is 0 Å². The van der Waals surface area contributed by atoms with Gasteiger partial charge in [0.1, 0.15) is 0 Å². The molecular weight excluding hydrogens is 186 g/mol. The van der Waals surface area contributed by atoms with Gasteiger partial charge < -0.3 is 5.11 Å². The maximum atomic E-state index is 9.16. The number of rotatable bonds is 4. The molecule has 0 aliphatic rings. The summed E-state index contributed by atoms with van der Waals surface area (Å²) in [5.74, 6) is 0. The Morgan fingerprint density at radius 1 is 1.47 bits per heavy atom. The summed E-state index contributed by atoms with van der Waals surface area (Å²) in [5, 5.41) is 9.16. The lowest BCUT2D eigenvalue weighted by atomic mass is 10.1. The van der Waals surface area contributed by atoms with Crippen LogP contribution in [0, 0.1) is 0 Å². The molecule has 0 bridgehead atoms. The molecule has 80 valence electrons. The van der Waals surface area contributed by atoms with Crippen molar-refractivity contribution >= 4 is 0 Å². The SMILES string of the molecule is C/C=C\C(=C/C)Cc1ncccc1CO. The van der Waals surface area contributed by atoms with Gasteiger partial charge in [0.2, 0.25) is 0 Å². The summed E-state index contributed by atoms with van der Waals surface area (Å²) in [6.45, 7) is 4.06. The van der Waals surface area contributed by atoms with Gasteiger partial charge in [0.25, 0.3) is 0 Å². The van der Waals surface area contributed by atoms with E-state index in [1.807, 2.05) is 32.1 Å². The number of aromatic nitrogens is 1. The predicted octanol–water partition coefficient (Wildman–Crippen LogP) is 2.64. The van der Waals surface area contributed by atoms with E-state index in [0.29, 0.717) is 0 Å². The molecule has 0 radical (unpaired) electrons. The second-order valence-electron chi connectivity index (χ2n) is 3.31. The molecule has 1 aromatic rings. The third-order valence-corrected chi connectivity index (χ3v) is 2.28. The van der Waals surface area contributed by atoms with Crippen molar-refractivity contribution in [2.45, 2.75) is 26.9 Å². The van der Waals surface area contributed by atoms with Gasteiger partial charge in [-0.1, -0.05) is 24.3 Å². The van der Waals surface area contributed by atoms with E-state index < -0.39 is 0 Å². The molecule has 0 amide bonds. The van der Waals surface area contributed by atoms with Crippen LogP contribution in [0.3, 0.4) is 0 Å². The van der Waals surface area contributed by atoms with E-state index in [0.717, 1.165) is 17.7 Å². The standard InChI is InChI=1S/C13H17NO/c1-3-6-11(4-2)9-13-12(10-15)7-5-8-14-13/h3-8,15H,9-10H2,1-2H3/b6-3-,11-4+. The zero-order valence-electron chi connectivity index (χ0n) is 9.27. The highest BCUT2D eigenvalue weighted by atomic mass is 16.3. The van der Waals surface area contributed by atoms with Gasteiger partial charge in [-0.3, -0.25) is 4.98 Å². The number of hydrogen-bond donors (Lipinski definition) is 1. The van der Waals surface area contributed by atoms with Crippen LogP contribution in [0.25, 0.3) is 0 Å². The molecule has 0 atom stereocenters. The van der Waals surface area contributed by atoms with Crippen molar-refractivity contribution < 1.29 is 5.11 Å². The van der Waals surface area contributed by atoms with Crippen LogP contribution in [-0.4, -0.2) is 10.1 Å². The van der Waals surface area contributed by atoms with Gasteiger partial charge >= 0.3 is 0 Å². The fourth-order valence-electron chi connectivity index (χ4n) is 1.44. The van der Waals surface area contributed by atoms with Crippen molar-refractivity contribution in [3.63, 3.8) is 0 Å². The van der Waals surface area contributed by atoms with Crippen molar-refractivity contribution in [1.29, 1.82) is 0 Å². The highest BCUT2D eigenvalue weighted by Crippen LogP contribution is 2.12. The molecule has 0 aliphatic carbocycles. The lowest BCUT2D eigenvalue weighted by Crippen LogP contribution is -1.98. The van der Waals surface area contributed by atoms with Gasteiger partial charge in [0.15, 0.2) is 0 Å². The van der Waals surface area contributed by atoms with Gasteiger partial charge in [0.05, 0.1) is 12.3 Å². The first kappa shape index (κ1) is 11.7. The van der Waals surface area contributed by atoms with Crippen molar-refractivity contribution in [2.24, 2.45) is 0 Å². The molecule has 1 N–H and O–H groups in total. The monoisotopic (exact) mass is 203 g/mol. The first-order valence-electron chi connectivity index (χ1n) is 5.13. The largest absolute Gasteiger partial charge is 0.392 e. The maximum absolute atomic E-state index is 9.16. The van der Waals surface area contributed by atoms with E-state index in [4.69, 9.17) is 5.11 Å². The Kier molecular flexibility index (Phi) is 4.78. The molecule has 0 fully saturated rings. The number of aliphatic hydroxyl groups is 1. The minimum absolute atomic E-state index is 0.0516. The Morgan fingerprint density at radius 3 is 2.87 bits per heavy atom. The minimum Gasteiger partial charge on any atom is -0.392 e. The van der Waals surface area contributed by atoms with Crippen LogP contribution in [-0.2, 0) is 13.0 Å². The average molecular weight is 203 g/mol. The van der Waals surface area contributed by atoms with E-state index in [-0.39, 0.29) is 6.61 Å². The smallest absolute Gasteiger partial charge is 0.0699 e. The highest BCUT2D eigenvalue weighted by Gasteiger charge is 2.02. The molecular formula is C13H17NO. The molecule has 1 rings (SSSR count). The molecule has 2 nitrogen and oxygen atoms in total. The van der Waals surface area contributed by atoms with Crippen LogP contribution >= 0.6 is 0 Å². The number of pyridine rings is 1. The zero-order valence-corrected chi connectivity index (χ0v) is 9.27. The van der Waals surface area contributed by atoms with Gasteiger partial charge in [0, 0.05) is 12.6 Å². The van der Waals surface area contributed by atoms with Crippen molar-refractivity contribution in [1.82, 2.24) is 4.98 Å². The zero-order chi connectivity index (χ0) is 11.1. The fraction of sp³-hybridized carbons (Fsp3) is 0.308. The molecule has 1 heterocycles. The summed E-state index contributed by atoms with van der Waals surface area (Å²) >= 11 is 0. The lowest BCUT2D eigenvalue weighted by molar-refractivity contribution is 0.280. The van der Waals surface area contributed by atoms with Gasteiger partial charge in [-0.15, -0.1) is 0 Å². The quantitative estimate of drug-likeness (QED) is 0.763. The second-order valence-corrected chi connectivity index (χ2v) is 3.31. The molecule has 0 spiro atoms. The molecule has 2 heteroatoms. The second kappa shape index (κ2) is 6.14. The molecule has 0 saturated carbocycles. The van der Waals surface area contributed by atoms with Crippen LogP contribution in [0.2, 0.25) is 0 Å². The summed E-state index contributed by atoms with van der Waals surface area (Å²) in [6, 6.07) is 3.76. The molecule has 0 aliphatic heterocycles. The van der Waals surface area contributed by atoms with Crippen LogP contribution < -0.4 is 0 Å². The molecule has 0 saturated heterocycles. The van der Waals surface area contributed by atoms with Gasteiger partial charge in [-0.05, 0) is 31.1 Å². The van der Waals surface area contributed by atoms with E-state index in [1.54, 1.807) is 6.20 Å². The maximum Gasteiger partial charge on any atom is 0.0699 e. The molecule has 1 aromatic heterocycles. The lowest BCUT2D eigenvalue weighted by Gasteiger charge is -2.06. The van der Waals surface area contributed by atoms with Crippen molar-refractivity contribution in [3.05, 3.63) is 53.4 Å². The first-order valence-corrected chi connectivity index (χ1v) is 5.13. The number of hydrogen-bond acceptors (Lipinski definition) is 2. The molecule has 0 aromatic carbocycles. The molecule has 15 heavy (non-hydrogen) atoms. The summed E-state index contributed by atoms with van der Waals surface area (Å²) in [5.41, 5.74) is 3.07. The van der Waals surface area contributed by atoms with E-state index in [2.05, 4.69) is 17.1 Å². The number of nitrogens with zero attached hydrogens (tertiary/aromatic N) is 1. The Morgan fingerprint density at radius 2 is 2.27 bits per heavy atom. The Hall–Kier alpha value is -1.41. The normalized spacial score (nSPS) is 12.3. The summed E-state index contributed by atoms with van der Waals surface area (Å²) in [6.07, 6.45) is 8.68. The Balaban J connectivity index is 2.88. The average Bonchev–Trinajstić information content (AvgIpc) is 2.29. The topological polar surface area (TPSA) is 33.1 Å². The predicted molar refractivity (Wildman–Crippen MR) is 62.4 cm³/mol. The summed E-state index contributed by atoms with van der Waals surface area (Å²) < 4.78 is 0. The third-order valence-electron chi connectivity index (χ3n) is 2.28. The number of allylic oxidation sites excluding steroid dienone is 4. The third kappa shape index (κ3) is 3.33. The van der Waals surface area contributed by atoms with Gasteiger partial charge in [-0.25, -0.2) is 0 Å². The summed E-state index contributed by atoms with van der Waals surface area (Å²) in [7, 11) is 0. The van der Waals surface area contributed by atoms with E-state index in [1.165, 1.54) is 5.57 Å². The van der Waals surface area contributed by atoms with Crippen LogP contribution in [0.1, 0.15) is 25.1 Å². The van der Waals surface area contributed by atoms with Crippen molar-refractivity contribution in [3.8, 4) is 0 Å².